The summed E-state index contributed by atoms with van der Waals surface area (Å²) in [4.78, 5) is 2.55. The largest absolute Gasteiger partial charge is 0.382 e. The summed E-state index contributed by atoms with van der Waals surface area (Å²) in [6.45, 7) is 6.20. The molecule has 0 bridgehead atoms. The normalized spacial score (nSPS) is 31.3. The van der Waals surface area contributed by atoms with Crippen molar-refractivity contribution in [3.05, 3.63) is 0 Å². The molecular weight excluding hydrogens is 204 g/mol. The smallest absolute Gasteiger partial charge is 0.0753 e. The Morgan fingerprint density at radius 2 is 2.06 bits per heavy atom. The van der Waals surface area contributed by atoms with E-state index in [-0.39, 0.29) is 0 Å². The molecule has 0 aromatic rings. The van der Waals surface area contributed by atoms with Gasteiger partial charge in [0.1, 0.15) is 0 Å². The van der Waals surface area contributed by atoms with Crippen LogP contribution in [0.5, 0.6) is 0 Å². The van der Waals surface area contributed by atoms with Gasteiger partial charge in [-0.05, 0) is 38.9 Å². The lowest BCUT2D eigenvalue weighted by molar-refractivity contribution is 0.00725. The monoisotopic (exact) mass is 228 g/mol. The Kier molecular flexibility index (Phi) is 5.03. The van der Waals surface area contributed by atoms with E-state index in [1.54, 1.807) is 7.11 Å². The van der Waals surface area contributed by atoms with Crippen molar-refractivity contribution in [2.24, 2.45) is 0 Å². The molecule has 4 heteroatoms. The molecule has 0 spiro atoms. The molecule has 2 aliphatic heterocycles. The SMILES string of the molecule is COCCO[C@@H]1CCN[C@H]1CN1CCCC1. The third-order valence-electron chi connectivity index (χ3n) is 3.56. The van der Waals surface area contributed by atoms with Crippen LogP contribution in [0.3, 0.4) is 0 Å². The molecule has 0 radical (unpaired) electrons. The van der Waals surface area contributed by atoms with Crippen LogP contribution in [0.1, 0.15) is 19.3 Å². The van der Waals surface area contributed by atoms with E-state index < -0.39 is 0 Å². The maximum absolute atomic E-state index is 5.85. The van der Waals surface area contributed by atoms with Crippen LogP contribution in [0.4, 0.5) is 0 Å². The summed E-state index contributed by atoms with van der Waals surface area (Å²) in [5, 5.41) is 3.55. The van der Waals surface area contributed by atoms with Crippen LogP contribution in [0.2, 0.25) is 0 Å². The fourth-order valence-electron chi connectivity index (χ4n) is 2.65. The van der Waals surface area contributed by atoms with Crippen molar-refractivity contribution in [1.82, 2.24) is 10.2 Å². The Morgan fingerprint density at radius 3 is 2.81 bits per heavy atom. The van der Waals surface area contributed by atoms with Gasteiger partial charge in [0.2, 0.25) is 0 Å². The van der Waals surface area contributed by atoms with E-state index in [2.05, 4.69) is 10.2 Å². The van der Waals surface area contributed by atoms with Crippen LogP contribution >= 0.6 is 0 Å². The van der Waals surface area contributed by atoms with Gasteiger partial charge in [-0.2, -0.15) is 0 Å². The number of ether oxygens (including phenoxy) is 2. The molecule has 0 aliphatic carbocycles. The van der Waals surface area contributed by atoms with E-state index in [9.17, 15) is 0 Å². The van der Waals surface area contributed by atoms with Crippen LogP contribution in [-0.2, 0) is 9.47 Å². The fourth-order valence-corrected chi connectivity index (χ4v) is 2.65. The van der Waals surface area contributed by atoms with Gasteiger partial charge < -0.3 is 19.7 Å². The van der Waals surface area contributed by atoms with Gasteiger partial charge in [-0.1, -0.05) is 0 Å². The molecule has 2 aliphatic rings. The first-order valence-electron chi connectivity index (χ1n) is 6.46. The molecular formula is C12H24N2O2. The number of nitrogens with zero attached hydrogens (tertiary/aromatic N) is 1. The summed E-state index contributed by atoms with van der Waals surface area (Å²) >= 11 is 0. The molecule has 94 valence electrons. The van der Waals surface area contributed by atoms with Crippen LogP contribution in [0.25, 0.3) is 0 Å². The average molecular weight is 228 g/mol. The van der Waals surface area contributed by atoms with Crippen molar-refractivity contribution in [2.75, 3.05) is 46.5 Å². The predicted molar refractivity (Wildman–Crippen MR) is 63.7 cm³/mol. The van der Waals surface area contributed by atoms with Crippen LogP contribution in [0.15, 0.2) is 0 Å². The topological polar surface area (TPSA) is 33.7 Å². The molecule has 0 aromatic heterocycles. The molecule has 2 saturated heterocycles. The highest BCUT2D eigenvalue weighted by Gasteiger charge is 2.29. The lowest BCUT2D eigenvalue weighted by Crippen LogP contribution is -2.42. The third kappa shape index (κ3) is 3.42. The lowest BCUT2D eigenvalue weighted by Gasteiger charge is -2.25. The van der Waals surface area contributed by atoms with Crippen molar-refractivity contribution in [3.63, 3.8) is 0 Å². The molecule has 2 fully saturated rings. The molecule has 0 unspecified atom stereocenters. The number of hydrogen-bond donors (Lipinski definition) is 1. The quantitative estimate of drug-likeness (QED) is 0.670. The Balaban J connectivity index is 1.69. The number of hydrogen-bond acceptors (Lipinski definition) is 4. The zero-order valence-corrected chi connectivity index (χ0v) is 10.3. The Bertz CT molecular complexity index is 195. The van der Waals surface area contributed by atoms with Crippen molar-refractivity contribution >= 4 is 0 Å². The second-order valence-corrected chi connectivity index (χ2v) is 4.76. The van der Waals surface area contributed by atoms with Crippen LogP contribution < -0.4 is 5.32 Å². The van der Waals surface area contributed by atoms with Gasteiger partial charge in [0.25, 0.3) is 0 Å². The van der Waals surface area contributed by atoms with Gasteiger partial charge >= 0.3 is 0 Å². The Labute approximate surface area is 98.3 Å². The van der Waals surface area contributed by atoms with Gasteiger partial charge in [-0.3, -0.25) is 0 Å². The number of methoxy groups -OCH3 is 1. The summed E-state index contributed by atoms with van der Waals surface area (Å²) in [5.41, 5.74) is 0. The van der Waals surface area contributed by atoms with Crippen molar-refractivity contribution in [1.29, 1.82) is 0 Å². The summed E-state index contributed by atoms with van der Waals surface area (Å²) in [5.74, 6) is 0. The van der Waals surface area contributed by atoms with E-state index in [0.717, 1.165) is 26.1 Å². The highest BCUT2D eigenvalue weighted by Crippen LogP contribution is 2.15. The molecule has 2 rings (SSSR count). The zero-order valence-electron chi connectivity index (χ0n) is 10.3. The highest BCUT2D eigenvalue weighted by molar-refractivity contribution is 4.88. The summed E-state index contributed by atoms with van der Waals surface area (Å²) in [6.07, 6.45) is 4.25. The average Bonchev–Trinajstić information content (AvgIpc) is 2.92. The number of nitrogens with one attached hydrogen (secondary N) is 1. The van der Waals surface area contributed by atoms with Crippen molar-refractivity contribution in [2.45, 2.75) is 31.4 Å². The maximum Gasteiger partial charge on any atom is 0.0753 e. The van der Waals surface area contributed by atoms with E-state index in [0.29, 0.717) is 18.8 Å². The standard InChI is InChI=1S/C12H24N2O2/c1-15-8-9-16-12-4-5-13-11(12)10-14-6-2-3-7-14/h11-13H,2-10H2,1H3/t11-,12+/m0/s1. The molecule has 0 amide bonds. The zero-order chi connectivity index (χ0) is 11.2. The molecule has 0 saturated carbocycles. The molecule has 0 aromatic carbocycles. The minimum Gasteiger partial charge on any atom is -0.382 e. The molecule has 2 heterocycles. The van der Waals surface area contributed by atoms with Gasteiger partial charge in [0.05, 0.1) is 19.3 Å². The Morgan fingerprint density at radius 1 is 1.25 bits per heavy atom. The second-order valence-electron chi connectivity index (χ2n) is 4.76. The van der Waals surface area contributed by atoms with Crippen LogP contribution in [0, 0.1) is 0 Å². The van der Waals surface area contributed by atoms with Gasteiger partial charge in [0.15, 0.2) is 0 Å². The maximum atomic E-state index is 5.85. The minimum atomic E-state index is 0.385. The van der Waals surface area contributed by atoms with Crippen molar-refractivity contribution in [3.8, 4) is 0 Å². The van der Waals surface area contributed by atoms with E-state index in [1.165, 1.54) is 25.9 Å². The number of likely N-dealkylation sites (tertiary alicyclic amines) is 1. The Hall–Kier alpha value is -0.160. The van der Waals surface area contributed by atoms with E-state index in [4.69, 9.17) is 9.47 Å². The van der Waals surface area contributed by atoms with Gasteiger partial charge in [-0.15, -0.1) is 0 Å². The first kappa shape index (κ1) is 12.3. The van der Waals surface area contributed by atoms with E-state index in [1.807, 2.05) is 0 Å². The lowest BCUT2D eigenvalue weighted by atomic mass is 10.1. The summed E-state index contributed by atoms with van der Waals surface area (Å²) in [7, 11) is 1.72. The minimum absolute atomic E-state index is 0.385. The van der Waals surface area contributed by atoms with Crippen molar-refractivity contribution < 1.29 is 9.47 Å². The summed E-state index contributed by atoms with van der Waals surface area (Å²) in [6, 6.07) is 0.523. The second kappa shape index (κ2) is 6.55. The highest BCUT2D eigenvalue weighted by atomic mass is 16.5. The molecule has 4 nitrogen and oxygen atoms in total. The molecule has 16 heavy (non-hydrogen) atoms. The van der Waals surface area contributed by atoms with E-state index >= 15 is 0 Å². The first-order valence-corrected chi connectivity index (χ1v) is 6.46. The first-order chi connectivity index (χ1) is 7.90. The van der Waals surface area contributed by atoms with Gasteiger partial charge in [0, 0.05) is 19.7 Å². The predicted octanol–water partition coefficient (Wildman–Crippen LogP) is 0.476. The fraction of sp³-hybridized carbons (Fsp3) is 1.00. The third-order valence-corrected chi connectivity index (χ3v) is 3.56. The molecule has 2 atom stereocenters. The number of rotatable bonds is 6. The van der Waals surface area contributed by atoms with Gasteiger partial charge in [-0.25, -0.2) is 0 Å². The molecule has 1 N–H and O–H groups in total. The summed E-state index contributed by atoms with van der Waals surface area (Å²) < 4.78 is 10.9. The van der Waals surface area contributed by atoms with Crippen LogP contribution in [-0.4, -0.2) is 63.5 Å².